The number of para-hydroxylation sites is 1. The number of hydrogen-bond donors (Lipinski definition) is 0. The van der Waals surface area contributed by atoms with Gasteiger partial charge in [0, 0.05) is 11.8 Å². The van der Waals surface area contributed by atoms with Crippen LogP contribution in [0.25, 0.3) is 22.6 Å². The second-order valence-corrected chi connectivity index (χ2v) is 7.59. The van der Waals surface area contributed by atoms with Crippen LogP contribution in [0.5, 0.6) is 5.75 Å². The SMILES string of the molecule is Cc1cccc2oc(-c3ccc(N=Cc4ccc(OCc5ccccc5)cc4)cc3)nc12. The van der Waals surface area contributed by atoms with Crippen molar-refractivity contribution in [1.29, 1.82) is 0 Å². The zero-order valence-corrected chi connectivity index (χ0v) is 17.7. The van der Waals surface area contributed by atoms with Crippen molar-refractivity contribution in [3.63, 3.8) is 0 Å². The maximum Gasteiger partial charge on any atom is 0.227 e. The predicted molar refractivity (Wildman–Crippen MR) is 129 cm³/mol. The lowest BCUT2D eigenvalue weighted by molar-refractivity contribution is 0.306. The number of rotatable bonds is 6. The third kappa shape index (κ3) is 4.44. The van der Waals surface area contributed by atoms with Crippen molar-refractivity contribution in [3.05, 3.63) is 114 Å². The van der Waals surface area contributed by atoms with Gasteiger partial charge in [-0.2, -0.15) is 0 Å². The molecule has 0 bridgehead atoms. The van der Waals surface area contributed by atoms with Crippen molar-refractivity contribution in [3.8, 4) is 17.2 Å². The highest BCUT2D eigenvalue weighted by Gasteiger charge is 2.09. The van der Waals surface area contributed by atoms with Gasteiger partial charge >= 0.3 is 0 Å². The van der Waals surface area contributed by atoms with Gasteiger partial charge in [0.1, 0.15) is 17.9 Å². The van der Waals surface area contributed by atoms with Crippen LogP contribution >= 0.6 is 0 Å². The van der Waals surface area contributed by atoms with Crippen LogP contribution < -0.4 is 4.74 Å². The molecular weight excluding hydrogens is 396 g/mol. The van der Waals surface area contributed by atoms with E-state index in [0.29, 0.717) is 12.5 Å². The normalized spacial score (nSPS) is 11.3. The topological polar surface area (TPSA) is 47.6 Å². The summed E-state index contributed by atoms with van der Waals surface area (Å²) in [5.74, 6) is 1.46. The van der Waals surface area contributed by atoms with Crippen LogP contribution in [0, 0.1) is 6.92 Å². The Morgan fingerprint density at radius 1 is 0.844 bits per heavy atom. The van der Waals surface area contributed by atoms with Gasteiger partial charge in [0.25, 0.3) is 0 Å². The minimum Gasteiger partial charge on any atom is -0.489 e. The largest absolute Gasteiger partial charge is 0.489 e. The molecule has 4 aromatic carbocycles. The fourth-order valence-corrected chi connectivity index (χ4v) is 3.44. The number of benzene rings is 4. The Morgan fingerprint density at radius 3 is 2.38 bits per heavy atom. The zero-order chi connectivity index (χ0) is 21.8. The quantitative estimate of drug-likeness (QED) is 0.276. The van der Waals surface area contributed by atoms with Crippen LogP contribution in [0.3, 0.4) is 0 Å². The van der Waals surface area contributed by atoms with E-state index < -0.39 is 0 Å². The van der Waals surface area contributed by atoms with Crippen LogP contribution in [0.15, 0.2) is 106 Å². The molecule has 0 radical (unpaired) electrons. The molecule has 4 heteroatoms. The Balaban J connectivity index is 1.24. The molecule has 0 saturated carbocycles. The number of aromatic nitrogens is 1. The second-order valence-electron chi connectivity index (χ2n) is 7.59. The lowest BCUT2D eigenvalue weighted by atomic mass is 10.2. The Kier molecular flexibility index (Phi) is 5.50. The summed E-state index contributed by atoms with van der Waals surface area (Å²) in [5, 5.41) is 0. The number of nitrogens with zero attached hydrogens (tertiary/aromatic N) is 2. The summed E-state index contributed by atoms with van der Waals surface area (Å²) >= 11 is 0. The Morgan fingerprint density at radius 2 is 1.62 bits per heavy atom. The summed E-state index contributed by atoms with van der Waals surface area (Å²) in [6.07, 6.45) is 1.85. The fourth-order valence-electron chi connectivity index (χ4n) is 3.44. The van der Waals surface area contributed by atoms with E-state index in [1.165, 1.54) is 0 Å². The Labute approximate surface area is 186 Å². The van der Waals surface area contributed by atoms with Gasteiger partial charge in [0.2, 0.25) is 5.89 Å². The Hall–Kier alpha value is -4.18. The molecule has 4 nitrogen and oxygen atoms in total. The first-order chi connectivity index (χ1) is 15.7. The summed E-state index contributed by atoms with van der Waals surface area (Å²) in [5.41, 5.74) is 6.77. The summed E-state index contributed by atoms with van der Waals surface area (Å²) in [7, 11) is 0. The average Bonchev–Trinajstić information content (AvgIpc) is 3.29. The monoisotopic (exact) mass is 418 g/mol. The number of aryl methyl sites for hydroxylation is 1. The van der Waals surface area contributed by atoms with Crippen molar-refractivity contribution in [2.45, 2.75) is 13.5 Å². The second kappa shape index (κ2) is 8.90. The van der Waals surface area contributed by atoms with Crippen LogP contribution in [-0.2, 0) is 6.61 Å². The van der Waals surface area contributed by atoms with Crippen molar-refractivity contribution in [2.24, 2.45) is 4.99 Å². The molecule has 0 unspecified atom stereocenters. The summed E-state index contributed by atoms with van der Waals surface area (Å²) in [6, 6.07) is 31.9. The first-order valence-corrected chi connectivity index (χ1v) is 10.5. The van der Waals surface area contributed by atoms with Crippen LogP contribution in [-0.4, -0.2) is 11.2 Å². The Bertz CT molecular complexity index is 1350. The summed E-state index contributed by atoms with van der Waals surface area (Å²) < 4.78 is 11.7. The van der Waals surface area contributed by atoms with Crippen molar-refractivity contribution in [2.75, 3.05) is 0 Å². The molecule has 156 valence electrons. The van der Waals surface area contributed by atoms with Crippen molar-refractivity contribution >= 4 is 23.0 Å². The maximum atomic E-state index is 5.90. The van der Waals surface area contributed by atoms with E-state index >= 15 is 0 Å². The summed E-state index contributed by atoms with van der Waals surface area (Å²) in [4.78, 5) is 9.21. The van der Waals surface area contributed by atoms with Gasteiger partial charge in [-0.25, -0.2) is 4.98 Å². The molecule has 5 rings (SSSR count). The molecule has 32 heavy (non-hydrogen) atoms. The van der Waals surface area contributed by atoms with Gasteiger partial charge in [-0.05, 0) is 78.2 Å². The van der Waals surface area contributed by atoms with Crippen LogP contribution in [0.1, 0.15) is 16.7 Å². The predicted octanol–water partition coefficient (Wildman–Crippen LogP) is 7.13. The van der Waals surface area contributed by atoms with E-state index in [-0.39, 0.29) is 0 Å². The average molecular weight is 418 g/mol. The molecule has 0 fully saturated rings. The molecule has 0 N–H and O–H groups in total. The third-order valence-corrected chi connectivity index (χ3v) is 5.23. The molecule has 0 atom stereocenters. The van der Waals surface area contributed by atoms with E-state index in [4.69, 9.17) is 9.15 Å². The molecular formula is C28H22N2O2. The van der Waals surface area contributed by atoms with E-state index in [0.717, 1.165) is 44.8 Å². The van der Waals surface area contributed by atoms with E-state index in [1.54, 1.807) is 0 Å². The van der Waals surface area contributed by atoms with Gasteiger partial charge in [-0.3, -0.25) is 4.99 Å². The molecule has 0 spiro atoms. The first kappa shape index (κ1) is 19.8. The highest BCUT2D eigenvalue weighted by Crippen LogP contribution is 2.27. The first-order valence-electron chi connectivity index (χ1n) is 10.5. The van der Waals surface area contributed by atoms with Gasteiger partial charge in [-0.1, -0.05) is 42.5 Å². The minimum atomic E-state index is 0.556. The molecule has 0 amide bonds. The standard InChI is InChI=1S/C28H22N2O2/c1-20-6-5-9-26-27(20)30-28(32-26)23-12-14-24(15-13-23)29-18-21-10-16-25(17-11-21)31-19-22-7-3-2-4-8-22/h2-18H,19H2,1H3. The molecule has 1 aromatic heterocycles. The fraction of sp³-hybridized carbons (Fsp3) is 0.0714. The smallest absolute Gasteiger partial charge is 0.227 e. The van der Waals surface area contributed by atoms with Crippen LogP contribution in [0.2, 0.25) is 0 Å². The number of oxazole rings is 1. The van der Waals surface area contributed by atoms with Gasteiger partial charge in [0.05, 0.1) is 5.69 Å². The lowest BCUT2D eigenvalue weighted by Gasteiger charge is -2.06. The maximum absolute atomic E-state index is 5.90. The van der Waals surface area contributed by atoms with E-state index in [2.05, 4.69) is 22.1 Å². The number of fused-ring (bicyclic) bond motifs is 1. The third-order valence-electron chi connectivity index (χ3n) is 5.23. The minimum absolute atomic E-state index is 0.556. The number of hydrogen-bond acceptors (Lipinski definition) is 4. The van der Waals surface area contributed by atoms with E-state index in [9.17, 15) is 0 Å². The highest BCUT2D eigenvalue weighted by atomic mass is 16.5. The zero-order valence-electron chi connectivity index (χ0n) is 17.7. The van der Waals surface area contributed by atoms with E-state index in [1.807, 2.05) is 98.1 Å². The summed E-state index contributed by atoms with van der Waals surface area (Å²) in [6.45, 7) is 2.59. The van der Waals surface area contributed by atoms with Crippen molar-refractivity contribution in [1.82, 2.24) is 4.98 Å². The van der Waals surface area contributed by atoms with Gasteiger partial charge in [0.15, 0.2) is 5.58 Å². The van der Waals surface area contributed by atoms with Crippen molar-refractivity contribution < 1.29 is 9.15 Å². The molecule has 5 aromatic rings. The van der Waals surface area contributed by atoms with Gasteiger partial charge < -0.3 is 9.15 Å². The highest BCUT2D eigenvalue weighted by molar-refractivity contribution is 5.82. The molecule has 0 aliphatic carbocycles. The molecule has 0 saturated heterocycles. The molecule has 0 aliphatic rings. The number of ether oxygens (including phenoxy) is 1. The molecule has 0 aliphatic heterocycles. The lowest BCUT2D eigenvalue weighted by Crippen LogP contribution is -1.94. The molecule has 1 heterocycles. The number of aliphatic imine (C=N–C) groups is 1. The van der Waals surface area contributed by atoms with Crippen LogP contribution in [0.4, 0.5) is 5.69 Å². The van der Waals surface area contributed by atoms with Gasteiger partial charge in [-0.15, -0.1) is 0 Å².